The second-order valence-corrected chi connectivity index (χ2v) is 6.59. The highest BCUT2D eigenvalue weighted by atomic mass is 32.1. The predicted octanol–water partition coefficient (Wildman–Crippen LogP) is 3.07. The van der Waals surface area contributed by atoms with E-state index >= 15 is 0 Å². The van der Waals surface area contributed by atoms with Crippen molar-refractivity contribution >= 4 is 28.3 Å². The highest BCUT2D eigenvalue weighted by Gasteiger charge is 2.15. The minimum Gasteiger partial charge on any atom is -0.492 e. The van der Waals surface area contributed by atoms with E-state index in [0.717, 1.165) is 5.75 Å². The quantitative estimate of drug-likeness (QED) is 0.644. The fourth-order valence-electron chi connectivity index (χ4n) is 2.24. The smallest absolute Gasteiger partial charge is 0.293 e. The molecular formula is C19H19N3O4S. The molecule has 8 heteroatoms. The lowest BCUT2D eigenvalue weighted by Gasteiger charge is -2.17. The maximum Gasteiger partial charge on any atom is 0.293 e. The largest absolute Gasteiger partial charge is 0.492 e. The SMILES string of the molecule is CN(CCOc1ccccc1)C(=O)Cc1csc(NC(=O)c2ccco2)n1. The number of rotatable bonds is 8. The van der Waals surface area contributed by atoms with Gasteiger partial charge in [0, 0.05) is 12.4 Å². The number of hydrogen-bond acceptors (Lipinski definition) is 6. The maximum absolute atomic E-state index is 12.3. The van der Waals surface area contributed by atoms with Crippen molar-refractivity contribution in [2.45, 2.75) is 6.42 Å². The van der Waals surface area contributed by atoms with Crippen LogP contribution in [-0.4, -0.2) is 41.9 Å². The first-order valence-corrected chi connectivity index (χ1v) is 9.21. The van der Waals surface area contributed by atoms with Gasteiger partial charge in [-0.15, -0.1) is 11.3 Å². The fraction of sp³-hybridized carbons (Fsp3) is 0.211. The number of amides is 2. The van der Waals surface area contributed by atoms with Gasteiger partial charge in [0.1, 0.15) is 12.4 Å². The van der Waals surface area contributed by atoms with Crippen molar-refractivity contribution in [3.8, 4) is 5.75 Å². The van der Waals surface area contributed by atoms with Crippen molar-refractivity contribution in [3.63, 3.8) is 0 Å². The summed E-state index contributed by atoms with van der Waals surface area (Å²) in [4.78, 5) is 30.1. The van der Waals surface area contributed by atoms with E-state index in [2.05, 4.69) is 10.3 Å². The van der Waals surface area contributed by atoms with Crippen molar-refractivity contribution in [2.24, 2.45) is 0 Å². The third-order valence-corrected chi connectivity index (χ3v) is 4.52. The number of likely N-dealkylation sites (N-methyl/N-ethyl adjacent to an activating group) is 1. The molecule has 2 heterocycles. The number of carbonyl (C=O) groups excluding carboxylic acids is 2. The molecule has 0 aliphatic heterocycles. The van der Waals surface area contributed by atoms with Gasteiger partial charge in [0.2, 0.25) is 5.91 Å². The van der Waals surface area contributed by atoms with Gasteiger partial charge < -0.3 is 14.1 Å². The second kappa shape index (κ2) is 9.00. The summed E-state index contributed by atoms with van der Waals surface area (Å²) < 4.78 is 10.6. The molecule has 1 N–H and O–H groups in total. The molecule has 140 valence electrons. The molecule has 2 amide bonds. The van der Waals surface area contributed by atoms with Gasteiger partial charge in [-0.3, -0.25) is 14.9 Å². The van der Waals surface area contributed by atoms with E-state index in [1.807, 2.05) is 30.3 Å². The summed E-state index contributed by atoms with van der Waals surface area (Å²) >= 11 is 1.26. The topological polar surface area (TPSA) is 84.7 Å². The Morgan fingerprint density at radius 1 is 1.22 bits per heavy atom. The number of thiazole rings is 1. The molecule has 27 heavy (non-hydrogen) atoms. The normalized spacial score (nSPS) is 10.4. The van der Waals surface area contributed by atoms with Gasteiger partial charge >= 0.3 is 0 Å². The molecule has 7 nitrogen and oxygen atoms in total. The summed E-state index contributed by atoms with van der Waals surface area (Å²) in [7, 11) is 1.72. The Bertz CT molecular complexity index is 878. The van der Waals surface area contributed by atoms with E-state index < -0.39 is 0 Å². The Morgan fingerprint density at radius 2 is 2.04 bits per heavy atom. The fourth-order valence-corrected chi connectivity index (χ4v) is 2.95. The van der Waals surface area contributed by atoms with Crippen LogP contribution < -0.4 is 10.1 Å². The van der Waals surface area contributed by atoms with Gasteiger partial charge in [0.25, 0.3) is 5.91 Å². The predicted molar refractivity (Wildman–Crippen MR) is 102 cm³/mol. The van der Waals surface area contributed by atoms with Crippen LogP contribution in [0.15, 0.2) is 58.5 Å². The number of nitrogens with one attached hydrogen (secondary N) is 1. The van der Waals surface area contributed by atoms with E-state index in [-0.39, 0.29) is 24.0 Å². The Hall–Kier alpha value is -3.13. The van der Waals surface area contributed by atoms with Gasteiger partial charge in [-0.1, -0.05) is 18.2 Å². The van der Waals surface area contributed by atoms with Crippen LogP contribution in [0.4, 0.5) is 5.13 Å². The van der Waals surface area contributed by atoms with E-state index in [1.165, 1.54) is 17.6 Å². The van der Waals surface area contributed by atoms with E-state index in [4.69, 9.17) is 9.15 Å². The Labute approximate surface area is 160 Å². The molecular weight excluding hydrogens is 366 g/mol. The first-order chi connectivity index (χ1) is 13.1. The molecule has 3 rings (SSSR count). The number of aromatic nitrogens is 1. The molecule has 0 aliphatic rings. The van der Waals surface area contributed by atoms with Crippen molar-refractivity contribution in [1.82, 2.24) is 9.88 Å². The van der Waals surface area contributed by atoms with Crippen LogP contribution >= 0.6 is 11.3 Å². The zero-order valence-corrected chi connectivity index (χ0v) is 15.6. The van der Waals surface area contributed by atoms with Crippen LogP contribution in [0.5, 0.6) is 5.75 Å². The Morgan fingerprint density at radius 3 is 2.78 bits per heavy atom. The molecule has 2 aromatic heterocycles. The van der Waals surface area contributed by atoms with Crippen molar-refractivity contribution < 1.29 is 18.7 Å². The van der Waals surface area contributed by atoms with Crippen molar-refractivity contribution in [1.29, 1.82) is 0 Å². The van der Waals surface area contributed by atoms with Crippen LogP contribution in [0.25, 0.3) is 0 Å². The Balaban J connectivity index is 1.44. The first-order valence-electron chi connectivity index (χ1n) is 8.33. The minimum atomic E-state index is -0.373. The van der Waals surface area contributed by atoms with Crippen molar-refractivity contribution in [3.05, 3.63) is 65.6 Å². The second-order valence-electron chi connectivity index (χ2n) is 5.73. The number of para-hydroxylation sites is 1. The number of anilines is 1. The summed E-state index contributed by atoms with van der Waals surface area (Å²) in [6.45, 7) is 0.883. The Kier molecular flexibility index (Phi) is 6.22. The monoisotopic (exact) mass is 385 g/mol. The van der Waals surface area contributed by atoms with Gasteiger partial charge in [-0.25, -0.2) is 4.98 Å². The zero-order chi connectivity index (χ0) is 19.1. The summed E-state index contributed by atoms with van der Waals surface area (Å²) in [5.74, 6) is 0.541. The van der Waals surface area contributed by atoms with E-state index in [0.29, 0.717) is 24.0 Å². The summed E-state index contributed by atoms with van der Waals surface area (Å²) in [6, 6.07) is 12.7. The average Bonchev–Trinajstić information content (AvgIpc) is 3.35. The zero-order valence-electron chi connectivity index (χ0n) is 14.8. The minimum absolute atomic E-state index is 0.0686. The summed E-state index contributed by atoms with van der Waals surface area (Å²) in [5, 5.41) is 4.83. The van der Waals surface area contributed by atoms with Crippen LogP contribution in [0, 0.1) is 0 Å². The van der Waals surface area contributed by atoms with Crippen LogP contribution in [0.3, 0.4) is 0 Å². The molecule has 0 bridgehead atoms. The lowest BCUT2D eigenvalue weighted by Crippen LogP contribution is -2.32. The molecule has 0 saturated heterocycles. The summed E-state index contributed by atoms with van der Waals surface area (Å²) in [5.41, 5.74) is 0.607. The van der Waals surface area contributed by atoms with Gasteiger partial charge in [0.15, 0.2) is 10.9 Å². The molecule has 1 aromatic carbocycles. The lowest BCUT2D eigenvalue weighted by atomic mass is 10.3. The summed E-state index contributed by atoms with van der Waals surface area (Å²) in [6.07, 6.45) is 1.59. The first kappa shape index (κ1) is 18.7. The molecule has 0 saturated carbocycles. The maximum atomic E-state index is 12.3. The molecule has 0 fully saturated rings. The lowest BCUT2D eigenvalue weighted by molar-refractivity contribution is -0.129. The van der Waals surface area contributed by atoms with Gasteiger partial charge in [-0.05, 0) is 24.3 Å². The third kappa shape index (κ3) is 5.42. The number of ether oxygens (including phenoxy) is 1. The van der Waals surface area contributed by atoms with Crippen LogP contribution in [0.1, 0.15) is 16.2 Å². The molecule has 3 aromatic rings. The van der Waals surface area contributed by atoms with Crippen LogP contribution in [0.2, 0.25) is 0 Å². The number of benzene rings is 1. The van der Waals surface area contributed by atoms with Crippen molar-refractivity contribution in [2.75, 3.05) is 25.5 Å². The molecule has 0 radical (unpaired) electrons. The molecule has 0 unspecified atom stereocenters. The number of hydrogen-bond donors (Lipinski definition) is 1. The molecule has 0 atom stereocenters. The third-order valence-electron chi connectivity index (χ3n) is 3.71. The van der Waals surface area contributed by atoms with Gasteiger partial charge in [-0.2, -0.15) is 0 Å². The average molecular weight is 385 g/mol. The highest BCUT2D eigenvalue weighted by Crippen LogP contribution is 2.17. The van der Waals surface area contributed by atoms with E-state index in [1.54, 1.807) is 29.5 Å². The molecule has 0 aliphatic carbocycles. The van der Waals surface area contributed by atoms with Crippen LogP contribution in [-0.2, 0) is 11.2 Å². The van der Waals surface area contributed by atoms with E-state index in [9.17, 15) is 9.59 Å². The van der Waals surface area contributed by atoms with Gasteiger partial charge in [0.05, 0.1) is 24.9 Å². The molecule has 0 spiro atoms. The number of nitrogens with zero attached hydrogens (tertiary/aromatic N) is 2. The standard InChI is InChI=1S/C19H19N3O4S/c1-22(9-11-25-15-6-3-2-4-7-15)17(23)12-14-13-27-19(20-14)21-18(24)16-8-5-10-26-16/h2-8,10,13H,9,11-12H2,1H3,(H,20,21,24). The number of furan rings is 1. The number of carbonyl (C=O) groups is 2. The highest BCUT2D eigenvalue weighted by molar-refractivity contribution is 7.14.